The molecule has 3 rings (SSSR count). The molecule has 2 atom stereocenters. The van der Waals surface area contributed by atoms with E-state index in [0.717, 1.165) is 37.1 Å². The van der Waals surface area contributed by atoms with Crippen molar-refractivity contribution in [1.29, 1.82) is 0 Å². The number of carbonyl (C=O) groups is 3. The van der Waals surface area contributed by atoms with Gasteiger partial charge >= 0.3 is 0 Å². The third kappa shape index (κ3) is 4.55. The molecule has 3 amide bonds. The highest BCUT2D eigenvalue weighted by molar-refractivity contribution is 6.03. The number of hydrogen-bond donors (Lipinski definition) is 3. The van der Waals surface area contributed by atoms with E-state index in [1.165, 1.54) is 0 Å². The Morgan fingerprint density at radius 1 is 1.17 bits per heavy atom. The van der Waals surface area contributed by atoms with Crippen molar-refractivity contribution in [3.05, 3.63) is 29.8 Å². The standard InChI is InChI=1S/C17H21N3O3.ClH/c21-15-10-12(16(22)20-15)9-11-4-6-13(7-5-11)19-17(23)14-3-1-2-8-18-14;/h4-7,12,14,18H,1-3,8-10H2,(H,19,23)(H,20,21,22);1H. The van der Waals surface area contributed by atoms with Crippen LogP contribution in [0.3, 0.4) is 0 Å². The quantitative estimate of drug-likeness (QED) is 0.715. The molecule has 2 fully saturated rings. The Kier molecular flexibility index (Phi) is 6.34. The molecule has 2 saturated heterocycles. The van der Waals surface area contributed by atoms with Crippen molar-refractivity contribution < 1.29 is 14.4 Å². The van der Waals surface area contributed by atoms with Crippen LogP contribution in [0.15, 0.2) is 24.3 Å². The average Bonchev–Trinajstić information content (AvgIpc) is 2.87. The zero-order chi connectivity index (χ0) is 16.2. The first-order chi connectivity index (χ1) is 11.1. The number of benzene rings is 1. The zero-order valence-electron chi connectivity index (χ0n) is 13.3. The Morgan fingerprint density at radius 2 is 1.92 bits per heavy atom. The molecule has 1 aromatic carbocycles. The Hall–Kier alpha value is -1.92. The van der Waals surface area contributed by atoms with Gasteiger partial charge in [-0.2, -0.15) is 0 Å². The molecule has 7 heteroatoms. The van der Waals surface area contributed by atoms with Crippen molar-refractivity contribution >= 4 is 35.8 Å². The maximum atomic E-state index is 12.1. The molecule has 2 unspecified atom stereocenters. The lowest BCUT2D eigenvalue weighted by Crippen LogP contribution is -2.43. The molecule has 0 bridgehead atoms. The largest absolute Gasteiger partial charge is 0.325 e. The molecule has 130 valence electrons. The first kappa shape index (κ1) is 18.4. The Morgan fingerprint density at radius 3 is 2.50 bits per heavy atom. The van der Waals surface area contributed by atoms with Crippen molar-refractivity contribution in [2.45, 2.75) is 38.1 Å². The molecule has 1 aromatic rings. The predicted octanol–water partition coefficient (Wildman–Crippen LogP) is 1.39. The fourth-order valence-corrected chi connectivity index (χ4v) is 3.09. The summed E-state index contributed by atoms with van der Waals surface area (Å²) in [4.78, 5) is 34.9. The van der Waals surface area contributed by atoms with Crippen molar-refractivity contribution in [2.24, 2.45) is 5.92 Å². The molecule has 0 aromatic heterocycles. The highest BCUT2D eigenvalue weighted by atomic mass is 35.5. The van der Waals surface area contributed by atoms with Crippen molar-refractivity contribution in [2.75, 3.05) is 11.9 Å². The third-order valence-corrected chi connectivity index (χ3v) is 4.40. The molecule has 24 heavy (non-hydrogen) atoms. The van der Waals surface area contributed by atoms with Gasteiger partial charge in [-0.1, -0.05) is 18.6 Å². The highest BCUT2D eigenvalue weighted by Crippen LogP contribution is 2.19. The van der Waals surface area contributed by atoms with Crippen LogP contribution in [-0.4, -0.2) is 30.3 Å². The lowest BCUT2D eigenvalue weighted by Gasteiger charge is -2.22. The number of amides is 3. The third-order valence-electron chi connectivity index (χ3n) is 4.40. The van der Waals surface area contributed by atoms with E-state index in [1.54, 1.807) is 0 Å². The van der Waals surface area contributed by atoms with Crippen LogP contribution >= 0.6 is 12.4 Å². The molecular formula is C17H22ClN3O3. The van der Waals surface area contributed by atoms with Crippen LogP contribution in [0.25, 0.3) is 0 Å². The average molecular weight is 352 g/mol. The smallest absolute Gasteiger partial charge is 0.241 e. The maximum absolute atomic E-state index is 12.1. The number of carbonyl (C=O) groups excluding carboxylic acids is 3. The monoisotopic (exact) mass is 351 g/mol. The molecule has 0 spiro atoms. The second-order valence-electron chi connectivity index (χ2n) is 6.21. The second kappa shape index (κ2) is 8.26. The van der Waals surface area contributed by atoms with Crippen LogP contribution in [0.5, 0.6) is 0 Å². The molecule has 3 N–H and O–H groups in total. The van der Waals surface area contributed by atoms with Gasteiger partial charge in [0.15, 0.2) is 0 Å². The summed E-state index contributed by atoms with van der Waals surface area (Å²) in [7, 11) is 0. The van der Waals surface area contributed by atoms with E-state index >= 15 is 0 Å². The van der Waals surface area contributed by atoms with E-state index in [-0.39, 0.29) is 48.5 Å². The first-order valence-corrected chi connectivity index (χ1v) is 8.09. The number of hydrogen-bond acceptors (Lipinski definition) is 4. The molecule has 2 aliphatic heterocycles. The highest BCUT2D eigenvalue weighted by Gasteiger charge is 2.30. The summed E-state index contributed by atoms with van der Waals surface area (Å²) < 4.78 is 0. The Bertz CT molecular complexity index is 612. The van der Waals surface area contributed by atoms with E-state index in [9.17, 15) is 14.4 Å². The Labute approximate surface area is 147 Å². The van der Waals surface area contributed by atoms with Crippen LogP contribution < -0.4 is 16.0 Å². The minimum atomic E-state index is -0.283. The van der Waals surface area contributed by atoms with E-state index in [0.29, 0.717) is 6.42 Å². The maximum Gasteiger partial charge on any atom is 0.241 e. The van der Waals surface area contributed by atoms with Gasteiger partial charge < -0.3 is 10.6 Å². The number of anilines is 1. The number of rotatable bonds is 4. The normalized spacial score (nSPS) is 23.3. The number of nitrogens with one attached hydrogen (secondary N) is 3. The summed E-state index contributed by atoms with van der Waals surface area (Å²) in [5, 5.41) is 8.45. The van der Waals surface area contributed by atoms with E-state index in [4.69, 9.17) is 0 Å². The van der Waals surface area contributed by atoms with Gasteiger partial charge in [0.1, 0.15) is 0 Å². The summed E-state index contributed by atoms with van der Waals surface area (Å²) in [6.45, 7) is 0.888. The molecule has 0 saturated carbocycles. The molecule has 2 heterocycles. The lowest BCUT2D eigenvalue weighted by atomic mass is 9.98. The van der Waals surface area contributed by atoms with Gasteiger partial charge in [-0.25, -0.2) is 0 Å². The van der Waals surface area contributed by atoms with E-state index in [1.807, 2.05) is 24.3 Å². The Balaban J connectivity index is 0.00000208. The van der Waals surface area contributed by atoms with E-state index in [2.05, 4.69) is 16.0 Å². The van der Waals surface area contributed by atoms with Gasteiger partial charge in [-0.15, -0.1) is 12.4 Å². The lowest BCUT2D eigenvalue weighted by molar-refractivity contribution is -0.125. The van der Waals surface area contributed by atoms with Crippen molar-refractivity contribution in [3.8, 4) is 0 Å². The fourth-order valence-electron chi connectivity index (χ4n) is 3.09. The molecule has 6 nitrogen and oxygen atoms in total. The van der Waals surface area contributed by atoms with Crippen LogP contribution in [-0.2, 0) is 20.8 Å². The molecule has 0 aliphatic carbocycles. The molecule has 0 radical (unpaired) electrons. The van der Waals surface area contributed by atoms with Crippen molar-refractivity contribution in [3.63, 3.8) is 0 Å². The van der Waals surface area contributed by atoms with Gasteiger partial charge in [0.2, 0.25) is 17.7 Å². The van der Waals surface area contributed by atoms with E-state index < -0.39 is 0 Å². The summed E-state index contributed by atoms with van der Waals surface area (Å²) in [5.41, 5.74) is 1.73. The number of imide groups is 1. The number of halogens is 1. The summed E-state index contributed by atoms with van der Waals surface area (Å²) >= 11 is 0. The zero-order valence-corrected chi connectivity index (χ0v) is 14.2. The van der Waals surface area contributed by atoms with Gasteiger partial charge in [0.05, 0.1) is 12.0 Å². The number of piperidine rings is 1. The second-order valence-corrected chi connectivity index (χ2v) is 6.21. The topological polar surface area (TPSA) is 87.3 Å². The minimum absolute atomic E-state index is 0. The van der Waals surface area contributed by atoms with Crippen LogP contribution in [0.2, 0.25) is 0 Å². The minimum Gasteiger partial charge on any atom is -0.325 e. The molecular weight excluding hydrogens is 330 g/mol. The first-order valence-electron chi connectivity index (χ1n) is 8.09. The van der Waals surface area contributed by atoms with Gasteiger partial charge in [0, 0.05) is 12.1 Å². The predicted molar refractivity (Wildman–Crippen MR) is 92.9 cm³/mol. The van der Waals surface area contributed by atoms with Crippen molar-refractivity contribution in [1.82, 2.24) is 10.6 Å². The van der Waals surface area contributed by atoms with Crippen LogP contribution in [0.1, 0.15) is 31.2 Å². The SMILES string of the molecule is Cl.O=C1CC(Cc2ccc(NC(=O)C3CCCCN3)cc2)C(=O)N1. The van der Waals surface area contributed by atoms with Gasteiger partial charge in [-0.05, 0) is 43.5 Å². The van der Waals surface area contributed by atoms with Crippen LogP contribution in [0.4, 0.5) is 5.69 Å². The molecule has 2 aliphatic rings. The fraction of sp³-hybridized carbons (Fsp3) is 0.471. The summed E-state index contributed by atoms with van der Waals surface area (Å²) in [6, 6.07) is 7.34. The summed E-state index contributed by atoms with van der Waals surface area (Å²) in [6.07, 6.45) is 3.86. The van der Waals surface area contributed by atoms with Gasteiger partial charge in [0.25, 0.3) is 0 Å². The van der Waals surface area contributed by atoms with Crippen LogP contribution in [0, 0.1) is 5.92 Å². The van der Waals surface area contributed by atoms with Gasteiger partial charge in [-0.3, -0.25) is 19.7 Å². The summed E-state index contributed by atoms with van der Waals surface area (Å²) in [5.74, 6) is -0.688.